The van der Waals surface area contributed by atoms with Crippen LogP contribution in [-0.2, 0) is 6.42 Å². The molecule has 0 aliphatic carbocycles. The fraction of sp³-hybridized carbons (Fsp3) is 0.0870. The molecule has 0 amide bonds. The molecule has 6 rings (SSSR count). The molecule has 0 atom stereocenters. The summed E-state index contributed by atoms with van der Waals surface area (Å²) < 4.78 is 4.90. The molecule has 0 bridgehead atoms. The molecule has 146 valence electrons. The number of pyridine rings is 1. The number of H-pyrrole nitrogens is 1. The number of thiazole rings is 1. The number of fused-ring (bicyclic) bond motifs is 3. The first-order valence-electron chi connectivity index (χ1n) is 9.79. The highest BCUT2D eigenvalue weighted by Crippen LogP contribution is 2.29. The molecule has 4 heterocycles. The van der Waals surface area contributed by atoms with E-state index < -0.39 is 0 Å². The van der Waals surface area contributed by atoms with Gasteiger partial charge in [0.2, 0.25) is 0 Å². The summed E-state index contributed by atoms with van der Waals surface area (Å²) in [6.45, 7) is 2.07. The van der Waals surface area contributed by atoms with Gasteiger partial charge in [0.15, 0.2) is 10.8 Å². The average Bonchev–Trinajstić information content (AvgIpc) is 3.46. The van der Waals surface area contributed by atoms with Gasteiger partial charge in [0.1, 0.15) is 0 Å². The highest BCUT2D eigenvalue weighted by Gasteiger charge is 2.14. The van der Waals surface area contributed by atoms with Crippen molar-refractivity contribution in [3.05, 3.63) is 83.0 Å². The van der Waals surface area contributed by atoms with Gasteiger partial charge in [-0.05, 0) is 54.4 Å². The van der Waals surface area contributed by atoms with Gasteiger partial charge >= 0.3 is 5.69 Å². The van der Waals surface area contributed by atoms with Crippen molar-refractivity contribution in [2.45, 2.75) is 13.3 Å². The molecule has 0 aliphatic rings. The minimum absolute atomic E-state index is 0.177. The van der Waals surface area contributed by atoms with Crippen LogP contribution in [-0.4, -0.2) is 24.1 Å². The van der Waals surface area contributed by atoms with Crippen LogP contribution in [0.2, 0.25) is 0 Å². The van der Waals surface area contributed by atoms with E-state index in [-0.39, 0.29) is 5.69 Å². The monoisotopic (exact) mass is 411 g/mol. The summed E-state index contributed by atoms with van der Waals surface area (Å²) in [5, 5.41) is 1.97. The van der Waals surface area contributed by atoms with E-state index in [1.807, 2.05) is 48.7 Å². The second-order valence-electron chi connectivity index (χ2n) is 7.18. The van der Waals surface area contributed by atoms with Crippen LogP contribution in [0.4, 0.5) is 0 Å². The minimum Gasteiger partial charge on any atom is -0.304 e. The van der Waals surface area contributed by atoms with Crippen LogP contribution in [0.3, 0.4) is 0 Å². The molecule has 7 heteroatoms. The molecule has 0 aliphatic heterocycles. The van der Waals surface area contributed by atoms with E-state index in [1.54, 1.807) is 22.1 Å². The van der Waals surface area contributed by atoms with Crippen molar-refractivity contribution < 1.29 is 0 Å². The normalized spacial score (nSPS) is 11.8. The van der Waals surface area contributed by atoms with Gasteiger partial charge in [-0.1, -0.05) is 30.4 Å². The fourth-order valence-corrected chi connectivity index (χ4v) is 4.95. The van der Waals surface area contributed by atoms with E-state index in [9.17, 15) is 4.79 Å². The van der Waals surface area contributed by atoms with E-state index in [4.69, 9.17) is 4.98 Å². The van der Waals surface area contributed by atoms with Gasteiger partial charge in [-0.2, -0.15) is 0 Å². The summed E-state index contributed by atoms with van der Waals surface area (Å²) in [5.74, 6) is 0. The van der Waals surface area contributed by atoms with Gasteiger partial charge in [0.05, 0.1) is 26.9 Å². The van der Waals surface area contributed by atoms with Crippen molar-refractivity contribution in [3.8, 4) is 10.8 Å². The molecule has 4 aromatic heterocycles. The Morgan fingerprint density at radius 3 is 2.87 bits per heavy atom. The summed E-state index contributed by atoms with van der Waals surface area (Å²) in [7, 11) is 0. The number of aromatic amines is 1. The first-order valence-corrected chi connectivity index (χ1v) is 10.6. The molecule has 0 spiro atoms. The first kappa shape index (κ1) is 17.2. The quantitative estimate of drug-likeness (QED) is 0.453. The van der Waals surface area contributed by atoms with Gasteiger partial charge in [0.25, 0.3) is 0 Å². The molecule has 0 radical (unpaired) electrons. The van der Waals surface area contributed by atoms with E-state index in [2.05, 4.69) is 33.6 Å². The Balaban J connectivity index is 1.52. The lowest BCUT2D eigenvalue weighted by molar-refractivity contribution is 1.00. The third-order valence-electron chi connectivity index (χ3n) is 5.47. The van der Waals surface area contributed by atoms with E-state index in [0.29, 0.717) is 5.65 Å². The maximum absolute atomic E-state index is 12.7. The summed E-state index contributed by atoms with van der Waals surface area (Å²) >= 11 is 1.66. The summed E-state index contributed by atoms with van der Waals surface area (Å²) in [5.41, 5.74) is 5.21. The lowest BCUT2D eigenvalue weighted by atomic mass is 10.2. The molecule has 0 unspecified atom stereocenters. The standard InChI is InChI=1S/C23H17N5OS/c1-2-14-9-11-24-21-20(14)26-22(29)28(21)16-7-8-18-15(13-16)10-12-27(18)23-25-17-5-3-4-6-19(17)30-23/h3-13H,2H2,1H3,(H,26,29). The number of hydrogen-bond acceptors (Lipinski definition) is 4. The Morgan fingerprint density at radius 1 is 1.10 bits per heavy atom. The molecule has 0 saturated carbocycles. The largest absolute Gasteiger partial charge is 0.332 e. The van der Waals surface area contributed by atoms with Crippen molar-refractivity contribution in [2.75, 3.05) is 0 Å². The van der Waals surface area contributed by atoms with Gasteiger partial charge in [-0.15, -0.1) is 0 Å². The van der Waals surface area contributed by atoms with Gasteiger partial charge in [0, 0.05) is 17.8 Å². The van der Waals surface area contributed by atoms with Crippen molar-refractivity contribution in [1.82, 2.24) is 24.1 Å². The number of nitrogens with zero attached hydrogens (tertiary/aromatic N) is 4. The minimum atomic E-state index is -0.177. The van der Waals surface area contributed by atoms with Crippen LogP contribution < -0.4 is 5.69 Å². The second kappa shape index (κ2) is 6.40. The third-order valence-corrected chi connectivity index (χ3v) is 6.50. The molecular weight excluding hydrogens is 394 g/mol. The molecule has 0 saturated heterocycles. The first-order chi connectivity index (χ1) is 14.7. The molecular formula is C23H17N5OS. The molecule has 0 fully saturated rings. The van der Waals surface area contributed by atoms with Crippen LogP contribution in [0.1, 0.15) is 12.5 Å². The predicted molar refractivity (Wildman–Crippen MR) is 121 cm³/mol. The average molecular weight is 411 g/mol. The van der Waals surface area contributed by atoms with E-state index >= 15 is 0 Å². The van der Waals surface area contributed by atoms with Crippen LogP contribution in [0.15, 0.2) is 71.8 Å². The molecule has 1 N–H and O–H groups in total. The number of nitrogens with one attached hydrogen (secondary N) is 1. The van der Waals surface area contributed by atoms with Gasteiger partial charge < -0.3 is 4.98 Å². The highest BCUT2D eigenvalue weighted by atomic mass is 32.1. The zero-order valence-corrected chi connectivity index (χ0v) is 17.0. The number of imidazole rings is 1. The Labute approximate surface area is 175 Å². The number of benzene rings is 2. The van der Waals surface area contributed by atoms with Crippen LogP contribution in [0.25, 0.3) is 43.1 Å². The second-order valence-corrected chi connectivity index (χ2v) is 8.19. The molecule has 6 aromatic rings. The molecule has 2 aromatic carbocycles. The summed E-state index contributed by atoms with van der Waals surface area (Å²) in [6.07, 6.45) is 4.62. The van der Waals surface area contributed by atoms with Crippen LogP contribution >= 0.6 is 11.3 Å². The zero-order chi connectivity index (χ0) is 20.2. The van der Waals surface area contributed by atoms with Crippen LogP contribution in [0.5, 0.6) is 0 Å². The fourth-order valence-electron chi connectivity index (χ4n) is 3.99. The topological polar surface area (TPSA) is 68.5 Å². The number of aryl methyl sites for hydroxylation is 1. The van der Waals surface area contributed by atoms with Crippen molar-refractivity contribution >= 4 is 43.6 Å². The van der Waals surface area contributed by atoms with Crippen LogP contribution in [0, 0.1) is 0 Å². The van der Waals surface area contributed by atoms with E-state index in [1.165, 1.54) is 0 Å². The zero-order valence-electron chi connectivity index (χ0n) is 16.2. The maximum Gasteiger partial charge on any atom is 0.332 e. The Bertz CT molecular complexity index is 1580. The van der Waals surface area contributed by atoms with Crippen molar-refractivity contribution in [1.29, 1.82) is 0 Å². The Morgan fingerprint density at radius 2 is 2.00 bits per heavy atom. The smallest absolute Gasteiger partial charge is 0.304 e. The lowest BCUT2D eigenvalue weighted by Gasteiger charge is -2.05. The lowest BCUT2D eigenvalue weighted by Crippen LogP contribution is -2.14. The number of para-hydroxylation sites is 1. The number of hydrogen-bond donors (Lipinski definition) is 1. The Kier molecular flexibility index (Phi) is 3.66. The van der Waals surface area contributed by atoms with Gasteiger partial charge in [-0.25, -0.2) is 19.3 Å². The predicted octanol–water partition coefficient (Wildman–Crippen LogP) is 4.83. The highest BCUT2D eigenvalue weighted by molar-refractivity contribution is 7.20. The van der Waals surface area contributed by atoms with Gasteiger partial charge in [-0.3, -0.25) is 4.57 Å². The number of aromatic nitrogens is 5. The van der Waals surface area contributed by atoms with E-state index in [0.717, 1.165) is 49.4 Å². The number of rotatable bonds is 3. The maximum atomic E-state index is 12.7. The third kappa shape index (κ3) is 2.45. The SMILES string of the molecule is CCc1ccnc2c1[nH]c(=O)n2-c1ccc2c(ccn2-c2nc3ccccc3s2)c1. The van der Waals surface area contributed by atoms with Crippen molar-refractivity contribution in [2.24, 2.45) is 0 Å². The molecule has 30 heavy (non-hydrogen) atoms. The molecule has 6 nitrogen and oxygen atoms in total. The van der Waals surface area contributed by atoms with Crippen molar-refractivity contribution in [3.63, 3.8) is 0 Å². The summed E-state index contributed by atoms with van der Waals surface area (Å²) in [4.78, 5) is 24.9. The Hall–Kier alpha value is -3.71. The summed E-state index contributed by atoms with van der Waals surface area (Å²) in [6, 6.07) is 18.2.